The van der Waals surface area contributed by atoms with Gasteiger partial charge >= 0.3 is 0 Å². The minimum Gasteiger partial charge on any atom is -0.329 e. The van der Waals surface area contributed by atoms with Gasteiger partial charge in [-0.25, -0.2) is 8.42 Å². The predicted molar refractivity (Wildman–Crippen MR) is 77.9 cm³/mol. The Morgan fingerprint density at radius 2 is 2.26 bits per heavy atom. The number of sulfone groups is 1. The molecule has 1 aromatic heterocycles. The maximum Gasteiger partial charge on any atom is 0.152 e. The van der Waals surface area contributed by atoms with Crippen LogP contribution >= 0.6 is 11.3 Å². The van der Waals surface area contributed by atoms with Gasteiger partial charge in [0.25, 0.3) is 0 Å². The maximum absolute atomic E-state index is 11.9. The molecule has 3 rings (SSSR count). The zero-order chi connectivity index (χ0) is 13.5. The van der Waals surface area contributed by atoms with Crippen LogP contribution in [-0.2, 0) is 16.4 Å². The van der Waals surface area contributed by atoms with Crippen molar-refractivity contribution in [1.29, 1.82) is 0 Å². The Balaban J connectivity index is 1.86. The average molecular weight is 300 g/mol. The number of nitrogens with two attached hydrogens (primary N) is 1. The largest absolute Gasteiger partial charge is 0.329 e. The molecule has 0 amide bonds. The molecule has 0 radical (unpaired) electrons. The first kappa shape index (κ1) is 13.5. The smallest absolute Gasteiger partial charge is 0.152 e. The second-order valence-corrected chi connectivity index (χ2v) is 8.73. The molecule has 1 aromatic rings. The third-order valence-electron chi connectivity index (χ3n) is 4.28. The fourth-order valence-corrected chi connectivity index (χ4v) is 5.80. The lowest BCUT2D eigenvalue weighted by Gasteiger charge is -2.40. The number of hydrogen-bond donors (Lipinski definition) is 1. The summed E-state index contributed by atoms with van der Waals surface area (Å²) in [6.45, 7) is 1.27. The monoisotopic (exact) mass is 300 g/mol. The summed E-state index contributed by atoms with van der Waals surface area (Å²) in [5.74, 6) is 0.522. The number of hydrogen-bond acceptors (Lipinski definition) is 5. The molecule has 6 heteroatoms. The van der Waals surface area contributed by atoms with E-state index in [9.17, 15) is 8.42 Å². The Labute approximate surface area is 118 Å². The Kier molecular flexibility index (Phi) is 3.45. The van der Waals surface area contributed by atoms with Gasteiger partial charge in [0, 0.05) is 24.7 Å². The quantitative estimate of drug-likeness (QED) is 0.888. The zero-order valence-electron chi connectivity index (χ0n) is 10.9. The van der Waals surface area contributed by atoms with Crippen molar-refractivity contribution in [3.05, 3.63) is 22.4 Å². The molecule has 1 atom stereocenters. The van der Waals surface area contributed by atoms with Gasteiger partial charge in [-0.2, -0.15) is 11.3 Å². The summed E-state index contributed by atoms with van der Waals surface area (Å²) in [4.78, 5) is 2.37. The normalized spacial score (nSPS) is 30.0. The second kappa shape index (κ2) is 4.84. The highest BCUT2D eigenvalue weighted by Gasteiger charge is 2.49. The van der Waals surface area contributed by atoms with E-state index in [2.05, 4.69) is 21.7 Å². The molecule has 1 aliphatic heterocycles. The van der Waals surface area contributed by atoms with Gasteiger partial charge in [0.2, 0.25) is 0 Å². The highest BCUT2D eigenvalue weighted by Crippen LogP contribution is 2.39. The first-order valence-electron chi connectivity index (χ1n) is 6.73. The molecule has 2 fully saturated rings. The Morgan fingerprint density at radius 1 is 1.47 bits per heavy atom. The molecular formula is C13H20N2O2S2. The van der Waals surface area contributed by atoms with Crippen LogP contribution in [0.3, 0.4) is 0 Å². The topological polar surface area (TPSA) is 63.4 Å². The summed E-state index contributed by atoms with van der Waals surface area (Å²) in [6, 6.07) is 2.64. The molecule has 2 N–H and O–H groups in total. The lowest BCUT2D eigenvalue weighted by Crippen LogP contribution is -2.55. The highest BCUT2D eigenvalue weighted by atomic mass is 32.2. The van der Waals surface area contributed by atoms with Gasteiger partial charge in [-0.05, 0) is 41.7 Å². The fourth-order valence-electron chi connectivity index (χ4n) is 3.05. The lowest BCUT2D eigenvalue weighted by molar-refractivity contribution is 0.0978. The van der Waals surface area contributed by atoms with E-state index in [0.29, 0.717) is 19.0 Å². The van der Waals surface area contributed by atoms with E-state index in [1.54, 1.807) is 11.3 Å². The maximum atomic E-state index is 11.9. The van der Waals surface area contributed by atoms with Gasteiger partial charge in [0.15, 0.2) is 9.84 Å². The third kappa shape index (κ3) is 2.72. The first-order valence-corrected chi connectivity index (χ1v) is 9.49. The average Bonchev–Trinajstić information content (AvgIpc) is 2.98. The van der Waals surface area contributed by atoms with Crippen molar-refractivity contribution in [2.45, 2.75) is 37.4 Å². The van der Waals surface area contributed by atoms with Crippen LogP contribution in [-0.4, -0.2) is 42.9 Å². The van der Waals surface area contributed by atoms with Crippen LogP contribution in [0.15, 0.2) is 16.8 Å². The second-order valence-electron chi connectivity index (χ2n) is 5.76. The summed E-state index contributed by atoms with van der Waals surface area (Å²) >= 11 is 1.69. The number of rotatable bonds is 5. The van der Waals surface area contributed by atoms with Gasteiger partial charge < -0.3 is 5.73 Å². The molecule has 106 valence electrons. The molecule has 0 aromatic carbocycles. The van der Waals surface area contributed by atoms with Crippen molar-refractivity contribution in [3.8, 4) is 0 Å². The van der Waals surface area contributed by atoms with Crippen LogP contribution < -0.4 is 5.73 Å². The first-order chi connectivity index (χ1) is 9.05. The summed E-state index contributed by atoms with van der Waals surface area (Å²) in [5, 5.41) is 4.21. The van der Waals surface area contributed by atoms with E-state index in [1.165, 1.54) is 18.4 Å². The Hall–Kier alpha value is -0.430. The molecule has 0 bridgehead atoms. The van der Waals surface area contributed by atoms with Gasteiger partial charge in [0.1, 0.15) is 0 Å². The molecule has 1 saturated heterocycles. The van der Waals surface area contributed by atoms with Crippen LogP contribution in [0, 0.1) is 0 Å². The predicted octanol–water partition coefficient (Wildman–Crippen LogP) is 1.23. The van der Waals surface area contributed by atoms with E-state index in [1.807, 2.05) is 0 Å². The van der Waals surface area contributed by atoms with E-state index in [0.717, 1.165) is 6.54 Å². The van der Waals surface area contributed by atoms with Crippen molar-refractivity contribution < 1.29 is 8.42 Å². The molecule has 19 heavy (non-hydrogen) atoms. The van der Waals surface area contributed by atoms with Crippen molar-refractivity contribution in [3.63, 3.8) is 0 Å². The van der Waals surface area contributed by atoms with Crippen LogP contribution in [0.25, 0.3) is 0 Å². The lowest BCUT2D eigenvalue weighted by atomic mass is 9.95. The van der Waals surface area contributed by atoms with Gasteiger partial charge in [-0.3, -0.25) is 4.90 Å². The summed E-state index contributed by atoms with van der Waals surface area (Å²) in [6.07, 6.45) is 3.03. The van der Waals surface area contributed by atoms with Gasteiger partial charge in [0.05, 0.1) is 11.5 Å². The molecule has 1 aliphatic carbocycles. The van der Waals surface area contributed by atoms with Crippen LogP contribution in [0.5, 0.6) is 0 Å². The minimum atomic E-state index is -2.91. The van der Waals surface area contributed by atoms with E-state index >= 15 is 0 Å². The third-order valence-corrected chi connectivity index (χ3v) is 6.81. The summed E-state index contributed by atoms with van der Waals surface area (Å²) < 4.78 is 23.7. The van der Waals surface area contributed by atoms with Crippen molar-refractivity contribution in [2.24, 2.45) is 5.73 Å². The molecular weight excluding hydrogens is 280 g/mol. The Morgan fingerprint density at radius 3 is 2.74 bits per heavy atom. The van der Waals surface area contributed by atoms with Gasteiger partial charge in [-0.15, -0.1) is 0 Å². The molecule has 1 unspecified atom stereocenters. The zero-order valence-corrected chi connectivity index (χ0v) is 12.5. The molecule has 2 heterocycles. The van der Waals surface area contributed by atoms with Crippen LogP contribution in [0.1, 0.15) is 24.8 Å². The minimum absolute atomic E-state index is 0.233. The van der Waals surface area contributed by atoms with Crippen LogP contribution in [0.2, 0.25) is 0 Å². The van der Waals surface area contributed by atoms with Gasteiger partial charge in [-0.1, -0.05) is 0 Å². The molecule has 0 spiro atoms. The molecule has 2 aliphatic rings. The SMILES string of the molecule is NCC1(N(Cc2ccsc2)C2CC2)CCS(=O)(=O)C1. The van der Waals surface area contributed by atoms with E-state index in [4.69, 9.17) is 5.73 Å². The molecule has 1 saturated carbocycles. The van der Waals surface area contributed by atoms with Crippen LogP contribution in [0.4, 0.5) is 0 Å². The van der Waals surface area contributed by atoms with Crippen molar-refractivity contribution in [2.75, 3.05) is 18.1 Å². The van der Waals surface area contributed by atoms with Crippen molar-refractivity contribution in [1.82, 2.24) is 4.90 Å². The fraction of sp³-hybridized carbons (Fsp3) is 0.692. The standard InChI is InChI=1S/C13H20N2O2S2/c14-9-13(4-6-19(16,17)10-13)15(12-1-2-12)7-11-3-5-18-8-11/h3,5,8,12H,1-2,4,6-7,9-10,14H2. The number of nitrogens with zero attached hydrogens (tertiary/aromatic N) is 1. The Bertz CT molecular complexity index is 537. The van der Waals surface area contributed by atoms with Crippen molar-refractivity contribution >= 4 is 21.2 Å². The number of thiophene rings is 1. The summed E-state index contributed by atoms with van der Waals surface area (Å²) in [5.41, 5.74) is 6.92. The highest BCUT2D eigenvalue weighted by molar-refractivity contribution is 7.91. The molecule has 4 nitrogen and oxygen atoms in total. The van der Waals surface area contributed by atoms with E-state index < -0.39 is 9.84 Å². The van der Waals surface area contributed by atoms with E-state index in [-0.39, 0.29) is 17.0 Å². The summed E-state index contributed by atoms with van der Waals surface area (Å²) in [7, 11) is -2.91.